The lowest BCUT2D eigenvalue weighted by atomic mass is 9.89. The van der Waals surface area contributed by atoms with Crippen LogP contribution in [0.25, 0.3) is 0 Å². The monoisotopic (exact) mass is 254 g/mol. The lowest BCUT2D eigenvalue weighted by Crippen LogP contribution is -2.43. The lowest BCUT2D eigenvalue weighted by molar-refractivity contribution is -0.137. The first-order chi connectivity index (χ1) is 8.06. The first kappa shape index (κ1) is 11.9. The molecule has 2 rings (SSSR count). The first-order valence-corrected chi connectivity index (χ1v) is 5.43. The summed E-state index contributed by atoms with van der Waals surface area (Å²) in [5.74, 6) is -2.25. The Labute approximate surface area is 103 Å². The Bertz CT molecular complexity index is 490. The zero-order chi connectivity index (χ0) is 12.6. The van der Waals surface area contributed by atoms with Crippen molar-refractivity contribution in [1.82, 2.24) is 5.32 Å². The van der Waals surface area contributed by atoms with Crippen LogP contribution >= 0.6 is 11.6 Å². The van der Waals surface area contributed by atoms with Gasteiger partial charge in [0.2, 0.25) is 11.8 Å². The summed E-state index contributed by atoms with van der Waals surface area (Å²) in [6.45, 7) is 0. The third kappa shape index (κ3) is 1.87. The Kier molecular flexibility index (Phi) is 3.04. The summed E-state index contributed by atoms with van der Waals surface area (Å²) in [5.41, 5.74) is 0.817. The van der Waals surface area contributed by atoms with Crippen LogP contribution in [0.3, 0.4) is 0 Å². The molecule has 1 aromatic carbocycles. The molecule has 0 aromatic heterocycles. The van der Waals surface area contributed by atoms with Crippen molar-refractivity contribution < 1.29 is 14.7 Å². The number of fused-ring (bicyclic) bond motifs is 1. The minimum Gasteiger partial charge on any atom is -0.387 e. The molecule has 1 aliphatic heterocycles. The average Bonchev–Trinajstić information content (AvgIpc) is 2.28. The van der Waals surface area contributed by atoms with Crippen LogP contribution in [0.4, 0.5) is 5.69 Å². The molecule has 90 valence electrons. The van der Waals surface area contributed by atoms with Gasteiger partial charge < -0.3 is 15.7 Å². The van der Waals surface area contributed by atoms with Crippen LogP contribution in [0, 0.1) is 5.92 Å². The molecule has 0 fully saturated rings. The standard InChI is InChI=1S/C11H11ClN2O3/c1-13-10(16)8-9(15)7-5(12)3-2-4-6(7)14-11(8)17/h2-4,8-9,15H,1H3,(H,13,16)(H,14,17). The van der Waals surface area contributed by atoms with Crippen molar-refractivity contribution in [3.05, 3.63) is 28.8 Å². The van der Waals surface area contributed by atoms with E-state index in [4.69, 9.17) is 11.6 Å². The number of hydrogen-bond acceptors (Lipinski definition) is 3. The first-order valence-electron chi connectivity index (χ1n) is 5.05. The topological polar surface area (TPSA) is 78.4 Å². The molecule has 0 saturated carbocycles. The highest BCUT2D eigenvalue weighted by Gasteiger charge is 2.40. The summed E-state index contributed by atoms with van der Waals surface area (Å²) < 4.78 is 0. The number of aliphatic hydroxyl groups is 1. The van der Waals surface area contributed by atoms with Gasteiger partial charge in [-0.05, 0) is 12.1 Å². The smallest absolute Gasteiger partial charge is 0.240 e. The van der Waals surface area contributed by atoms with E-state index in [0.717, 1.165) is 0 Å². The second-order valence-electron chi connectivity index (χ2n) is 3.73. The summed E-state index contributed by atoms with van der Waals surface area (Å²) in [4.78, 5) is 23.2. The fourth-order valence-electron chi connectivity index (χ4n) is 1.89. The maximum Gasteiger partial charge on any atom is 0.240 e. The van der Waals surface area contributed by atoms with Crippen LogP contribution in [0.5, 0.6) is 0 Å². The molecule has 0 radical (unpaired) electrons. The molecule has 2 atom stereocenters. The Balaban J connectivity index is 2.49. The molecule has 1 heterocycles. The van der Waals surface area contributed by atoms with Gasteiger partial charge in [0.1, 0.15) is 12.0 Å². The SMILES string of the molecule is CNC(=O)C1C(=O)Nc2cccc(Cl)c2C1O. The molecule has 0 spiro atoms. The molecule has 17 heavy (non-hydrogen) atoms. The van der Waals surface area contributed by atoms with Crippen molar-refractivity contribution >= 4 is 29.1 Å². The zero-order valence-corrected chi connectivity index (χ0v) is 9.78. The summed E-state index contributed by atoms with van der Waals surface area (Å²) in [5, 5.41) is 15.3. The highest BCUT2D eigenvalue weighted by molar-refractivity contribution is 6.32. The van der Waals surface area contributed by atoms with E-state index in [1.807, 2.05) is 0 Å². The van der Waals surface area contributed by atoms with Crippen molar-refractivity contribution in [2.45, 2.75) is 6.10 Å². The van der Waals surface area contributed by atoms with Gasteiger partial charge in [0.05, 0.1) is 0 Å². The molecule has 1 aliphatic rings. The van der Waals surface area contributed by atoms with Crippen molar-refractivity contribution in [3.63, 3.8) is 0 Å². The van der Waals surface area contributed by atoms with E-state index in [2.05, 4.69) is 10.6 Å². The van der Waals surface area contributed by atoms with Gasteiger partial charge >= 0.3 is 0 Å². The van der Waals surface area contributed by atoms with Crippen LogP contribution in [0.15, 0.2) is 18.2 Å². The number of benzene rings is 1. The van der Waals surface area contributed by atoms with Gasteiger partial charge in [-0.15, -0.1) is 0 Å². The molecule has 0 bridgehead atoms. The quantitative estimate of drug-likeness (QED) is 0.645. The van der Waals surface area contributed by atoms with E-state index in [-0.39, 0.29) is 0 Å². The average molecular weight is 255 g/mol. The molecule has 3 N–H and O–H groups in total. The van der Waals surface area contributed by atoms with Gasteiger partial charge in [-0.1, -0.05) is 17.7 Å². The van der Waals surface area contributed by atoms with Crippen LogP contribution < -0.4 is 10.6 Å². The fraction of sp³-hybridized carbons (Fsp3) is 0.273. The normalized spacial score (nSPS) is 22.6. The highest BCUT2D eigenvalue weighted by atomic mass is 35.5. The molecule has 2 amide bonds. The van der Waals surface area contributed by atoms with Gasteiger partial charge in [0.25, 0.3) is 0 Å². The van der Waals surface area contributed by atoms with Gasteiger partial charge in [0.15, 0.2) is 0 Å². The van der Waals surface area contributed by atoms with Crippen LogP contribution in [0.2, 0.25) is 5.02 Å². The molecular weight excluding hydrogens is 244 g/mol. The number of anilines is 1. The summed E-state index contributed by atoms with van der Waals surface area (Å²) in [6, 6.07) is 4.89. The lowest BCUT2D eigenvalue weighted by Gasteiger charge is -2.29. The van der Waals surface area contributed by atoms with E-state index in [0.29, 0.717) is 16.3 Å². The van der Waals surface area contributed by atoms with Crippen molar-refractivity contribution in [2.75, 3.05) is 12.4 Å². The third-order valence-corrected chi connectivity index (χ3v) is 3.06. The Morgan fingerprint density at radius 2 is 2.24 bits per heavy atom. The predicted octanol–water partition coefficient (Wildman–Crippen LogP) is 0.688. The van der Waals surface area contributed by atoms with Crippen molar-refractivity contribution in [2.24, 2.45) is 5.92 Å². The molecule has 5 nitrogen and oxygen atoms in total. The van der Waals surface area contributed by atoms with Crippen LogP contribution in [-0.2, 0) is 9.59 Å². The van der Waals surface area contributed by atoms with E-state index in [9.17, 15) is 14.7 Å². The van der Waals surface area contributed by atoms with E-state index in [1.54, 1.807) is 18.2 Å². The van der Waals surface area contributed by atoms with Gasteiger partial charge in [-0.3, -0.25) is 9.59 Å². The molecule has 0 saturated heterocycles. The largest absolute Gasteiger partial charge is 0.387 e. The van der Waals surface area contributed by atoms with Crippen molar-refractivity contribution in [1.29, 1.82) is 0 Å². The van der Waals surface area contributed by atoms with Crippen LogP contribution in [0.1, 0.15) is 11.7 Å². The number of carbonyl (C=O) groups is 2. The molecule has 0 aliphatic carbocycles. The van der Waals surface area contributed by atoms with Gasteiger partial charge in [0, 0.05) is 23.3 Å². The van der Waals surface area contributed by atoms with Crippen LogP contribution in [-0.4, -0.2) is 24.0 Å². The third-order valence-electron chi connectivity index (χ3n) is 2.73. The maximum atomic E-state index is 11.7. The maximum absolute atomic E-state index is 11.7. The molecule has 2 unspecified atom stereocenters. The van der Waals surface area contributed by atoms with E-state index < -0.39 is 23.8 Å². The number of aliphatic hydroxyl groups excluding tert-OH is 1. The summed E-state index contributed by atoms with van der Waals surface area (Å²) >= 11 is 5.95. The highest BCUT2D eigenvalue weighted by Crippen LogP contribution is 2.38. The minimum absolute atomic E-state index is 0.323. The molecular formula is C11H11ClN2O3. The fourth-order valence-corrected chi connectivity index (χ4v) is 2.17. The van der Waals surface area contributed by atoms with Crippen molar-refractivity contribution in [3.8, 4) is 0 Å². The summed E-state index contributed by atoms with van der Waals surface area (Å²) in [7, 11) is 1.41. The van der Waals surface area contributed by atoms with Gasteiger partial charge in [-0.25, -0.2) is 0 Å². The zero-order valence-electron chi connectivity index (χ0n) is 9.03. The Morgan fingerprint density at radius 3 is 2.88 bits per heavy atom. The summed E-state index contributed by atoms with van der Waals surface area (Å²) in [6.07, 6.45) is -1.23. The number of rotatable bonds is 1. The molecule has 6 heteroatoms. The number of amides is 2. The minimum atomic E-state index is -1.23. The second kappa shape index (κ2) is 4.35. The van der Waals surface area contributed by atoms with E-state index >= 15 is 0 Å². The van der Waals surface area contributed by atoms with Gasteiger partial charge in [-0.2, -0.15) is 0 Å². The number of carbonyl (C=O) groups excluding carboxylic acids is 2. The van der Waals surface area contributed by atoms with E-state index in [1.165, 1.54) is 7.05 Å². The number of halogens is 1. The number of hydrogen-bond donors (Lipinski definition) is 3. The predicted molar refractivity (Wildman–Crippen MR) is 62.6 cm³/mol. The molecule has 1 aromatic rings. The Morgan fingerprint density at radius 1 is 1.53 bits per heavy atom. The number of nitrogens with one attached hydrogen (secondary N) is 2. The second-order valence-corrected chi connectivity index (χ2v) is 4.13. The Hall–Kier alpha value is -1.59.